The zero-order chi connectivity index (χ0) is 18.5. The highest BCUT2D eigenvalue weighted by molar-refractivity contribution is 8.18. The number of aliphatic imine (C=N–C) groups is 1. The van der Waals surface area contributed by atoms with Gasteiger partial charge in [-0.1, -0.05) is 18.2 Å². The molecule has 0 bridgehead atoms. The monoisotopic (exact) mass is 366 g/mol. The first-order valence-corrected chi connectivity index (χ1v) is 8.46. The van der Waals surface area contributed by atoms with Crippen LogP contribution < -0.4 is 0 Å². The van der Waals surface area contributed by atoms with Crippen molar-refractivity contribution >= 4 is 40.3 Å². The van der Waals surface area contributed by atoms with Crippen molar-refractivity contribution in [2.45, 2.75) is 0 Å². The molecule has 1 aliphatic heterocycles. The van der Waals surface area contributed by atoms with Crippen LogP contribution in [0.1, 0.15) is 5.56 Å². The van der Waals surface area contributed by atoms with Gasteiger partial charge in [0.1, 0.15) is 0 Å². The number of thioether (sulfide) groups is 1. The summed E-state index contributed by atoms with van der Waals surface area (Å²) < 4.78 is 0. The first kappa shape index (κ1) is 17.6. The van der Waals surface area contributed by atoms with E-state index >= 15 is 0 Å². The quantitative estimate of drug-likeness (QED) is 0.348. The van der Waals surface area contributed by atoms with E-state index in [1.54, 1.807) is 48.8 Å². The lowest BCUT2D eigenvalue weighted by molar-refractivity contribution is -0.385. The number of nitro benzene ring substituents is 1. The Morgan fingerprint density at radius 1 is 1.31 bits per heavy atom. The lowest BCUT2D eigenvalue weighted by Crippen LogP contribution is -2.29. The van der Waals surface area contributed by atoms with E-state index in [0.29, 0.717) is 27.9 Å². The molecular weight excluding hydrogens is 352 g/mol. The molecule has 1 aromatic heterocycles. The number of para-hydroxylation sites is 1. The van der Waals surface area contributed by atoms with Crippen LogP contribution in [0.15, 0.2) is 71.3 Å². The fraction of sp³-hybridized carbons (Fsp3) is 0.0556. The van der Waals surface area contributed by atoms with Gasteiger partial charge in [0.05, 0.1) is 27.3 Å². The zero-order valence-corrected chi connectivity index (χ0v) is 14.4. The van der Waals surface area contributed by atoms with Crippen LogP contribution in [0.25, 0.3) is 6.08 Å². The van der Waals surface area contributed by atoms with Crippen molar-refractivity contribution in [3.8, 4) is 0 Å². The summed E-state index contributed by atoms with van der Waals surface area (Å²) in [4.78, 5) is 33.7. The number of carbonyl (C=O) groups is 1. The van der Waals surface area contributed by atoms with Gasteiger partial charge in [0.25, 0.3) is 11.6 Å². The van der Waals surface area contributed by atoms with Crippen molar-refractivity contribution in [1.29, 1.82) is 0 Å². The number of amidine groups is 1. The maximum absolute atomic E-state index is 12.7. The largest absolute Gasteiger partial charge is 0.283 e. The number of carbonyl (C=O) groups excluding carboxylic acids is 1. The Labute approximate surface area is 153 Å². The minimum Gasteiger partial charge on any atom is -0.283 e. The minimum absolute atomic E-state index is 0.0543. The number of rotatable bonds is 5. The van der Waals surface area contributed by atoms with Crippen molar-refractivity contribution in [3.63, 3.8) is 0 Å². The lowest BCUT2D eigenvalue weighted by Gasteiger charge is -2.12. The third kappa shape index (κ3) is 3.70. The molecule has 1 fully saturated rings. The molecule has 1 aliphatic rings. The molecule has 130 valence electrons. The first-order chi connectivity index (χ1) is 12.6. The summed E-state index contributed by atoms with van der Waals surface area (Å²) in [6.07, 6.45) is 6.35. The molecule has 0 N–H and O–H groups in total. The number of pyridine rings is 1. The molecule has 0 aliphatic carbocycles. The summed E-state index contributed by atoms with van der Waals surface area (Å²) in [5.74, 6) is -0.268. The smallest absolute Gasteiger partial charge is 0.276 e. The standard InChI is InChI=1S/C18H14N4O3S/c1-2-10-21-17(23)16(11-13-6-3-4-8-15(13)22(24)25)26-18(21)20-14-7-5-9-19-12-14/h2-9,11-12H,1,10H2/b16-11-,20-18?. The van der Waals surface area contributed by atoms with Crippen LogP contribution >= 0.6 is 11.8 Å². The van der Waals surface area contributed by atoms with E-state index in [-0.39, 0.29) is 11.6 Å². The molecule has 8 heteroatoms. The Morgan fingerprint density at radius 2 is 2.12 bits per heavy atom. The molecule has 0 spiro atoms. The molecule has 26 heavy (non-hydrogen) atoms. The second-order valence-electron chi connectivity index (χ2n) is 5.24. The molecule has 2 aromatic rings. The fourth-order valence-corrected chi connectivity index (χ4v) is 3.33. The molecule has 1 saturated heterocycles. The topological polar surface area (TPSA) is 88.7 Å². The molecule has 2 heterocycles. The molecule has 0 saturated carbocycles. The molecule has 0 atom stereocenters. The van der Waals surface area contributed by atoms with Crippen molar-refractivity contribution in [1.82, 2.24) is 9.88 Å². The number of benzene rings is 1. The van der Waals surface area contributed by atoms with Crippen LogP contribution in [0, 0.1) is 10.1 Å². The summed E-state index contributed by atoms with van der Waals surface area (Å²) in [6.45, 7) is 3.96. The summed E-state index contributed by atoms with van der Waals surface area (Å²) in [5, 5.41) is 11.7. The van der Waals surface area contributed by atoms with Crippen LogP contribution in [0.4, 0.5) is 11.4 Å². The van der Waals surface area contributed by atoms with Crippen molar-refractivity contribution < 1.29 is 9.72 Å². The Kier molecular flexibility index (Phi) is 5.23. The average molecular weight is 366 g/mol. The third-order valence-corrected chi connectivity index (χ3v) is 4.50. The van der Waals surface area contributed by atoms with Gasteiger partial charge in [-0.05, 0) is 36.0 Å². The number of hydrogen-bond donors (Lipinski definition) is 0. The van der Waals surface area contributed by atoms with E-state index in [4.69, 9.17) is 0 Å². The zero-order valence-electron chi connectivity index (χ0n) is 13.6. The number of hydrogen-bond acceptors (Lipinski definition) is 6. The Bertz CT molecular complexity index is 925. The number of nitro groups is 1. The summed E-state index contributed by atoms with van der Waals surface area (Å²) >= 11 is 1.17. The van der Waals surface area contributed by atoms with Crippen LogP contribution in [-0.2, 0) is 4.79 Å². The van der Waals surface area contributed by atoms with Crippen molar-refractivity contribution in [2.75, 3.05) is 6.54 Å². The van der Waals surface area contributed by atoms with E-state index in [2.05, 4.69) is 16.6 Å². The lowest BCUT2D eigenvalue weighted by atomic mass is 10.1. The highest BCUT2D eigenvalue weighted by atomic mass is 32.2. The Balaban J connectivity index is 2.00. The van der Waals surface area contributed by atoms with Gasteiger partial charge in [0.2, 0.25) is 0 Å². The van der Waals surface area contributed by atoms with Crippen LogP contribution in [-0.4, -0.2) is 32.4 Å². The maximum Gasteiger partial charge on any atom is 0.276 e. The van der Waals surface area contributed by atoms with Crippen molar-refractivity contribution in [3.05, 3.63) is 82.0 Å². The first-order valence-electron chi connectivity index (χ1n) is 7.64. The SMILES string of the molecule is C=CCN1C(=O)/C(=C/c2ccccc2[N+](=O)[O-])SC1=Nc1cccnc1. The number of aromatic nitrogens is 1. The number of amides is 1. The predicted molar refractivity (Wildman–Crippen MR) is 102 cm³/mol. The Morgan fingerprint density at radius 3 is 2.81 bits per heavy atom. The summed E-state index contributed by atoms with van der Waals surface area (Å²) in [7, 11) is 0. The second kappa shape index (κ2) is 7.75. The van der Waals surface area contributed by atoms with Crippen molar-refractivity contribution in [2.24, 2.45) is 4.99 Å². The fourth-order valence-electron chi connectivity index (χ4n) is 2.33. The van der Waals surface area contributed by atoms with Gasteiger partial charge in [0.15, 0.2) is 5.17 Å². The van der Waals surface area contributed by atoms with E-state index < -0.39 is 4.92 Å². The average Bonchev–Trinajstić information content (AvgIpc) is 2.92. The van der Waals surface area contributed by atoms with Gasteiger partial charge in [-0.25, -0.2) is 4.99 Å². The van der Waals surface area contributed by atoms with Gasteiger partial charge >= 0.3 is 0 Å². The van der Waals surface area contributed by atoms with Gasteiger partial charge in [-0.3, -0.25) is 24.8 Å². The van der Waals surface area contributed by atoms with Gasteiger partial charge < -0.3 is 0 Å². The molecule has 7 nitrogen and oxygen atoms in total. The molecule has 3 rings (SSSR count). The normalized spacial score (nSPS) is 17.1. The van der Waals surface area contributed by atoms with Crippen LogP contribution in [0.2, 0.25) is 0 Å². The Hall–Kier alpha value is -3.26. The van der Waals surface area contributed by atoms with E-state index in [1.807, 2.05) is 0 Å². The van der Waals surface area contributed by atoms with Crippen LogP contribution in [0.5, 0.6) is 0 Å². The van der Waals surface area contributed by atoms with Gasteiger partial charge in [-0.15, -0.1) is 6.58 Å². The molecule has 1 amide bonds. The van der Waals surface area contributed by atoms with E-state index in [9.17, 15) is 14.9 Å². The summed E-state index contributed by atoms with van der Waals surface area (Å²) in [6, 6.07) is 9.82. The van der Waals surface area contributed by atoms with Crippen LogP contribution in [0.3, 0.4) is 0 Å². The van der Waals surface area contributed by atoms with Gasteiger partial charge in [0, 0.05) is 18.8 Å². The summed E-state index contributed by atoms with van der Waals surface area (Å²) in [5.41, 5.74) is 0.930. The minimum atomic E-state index is -0.470. The van der Waals surface area contributed by atoms with E-state index in [0.717, 1.165) is 0 Å². The number of nitrogens with zero attached hydrogens (tertiary/aromatic N) is 4. The highest BCUT2D eigenvalue weighted by Crippen LogP contribution is 2.35. The molecule has 0 unspecified atom stereocenters. The second-order valence-corrected chi connectivity index (χ2v) is 6.25. The molecule has 0 radical (unpaired) electrons. The predicted octanol–water partition coefficient (Wildman–Crippen LogP) is 3.78. The molecular formula is C18H14N4O3S. The molecule has 1 aromatic carbocycles. The van der Waals surface area contributed by atoms with E-state index in [1.165, 1.54) is 28.8 Å². The third-order valence-electron chi connectivity index (χ3n) is 3.49. The van der Waals surface area contributed by atoms with Gasteiger partial charge in [-0.2, -0.15) is 0 Å². The highest BCUT2D eigenvalue weighted by Gasteiger charge is 2.33. The maximum atomic E-state index is 12.7.